The molecular weight excluding hydrogens is 294 g/mol. The third kappa shape index (κ3) is 3.18. The fourth-order valence-electron chi connectivity index (χ4n) is 1.97. The standard InChI is InChI=1S/C12H15N5OS2/c1-2-18-9-7-10(14-8-13-9)19-12-16-15-11(20-12)17-5-3-4-6-17/h7-8H,2-6H2,1H3. The van der Waals surface area contributed by atoms with Gasteiger partial charge in [-0.15, -0.1) is 10.2 Å². The first-order valence-electron chi connectivity index (χ1n) is 6.56. The molecule has 6 nitrogen and oxygen atoms in total. The predicted molar refractivity (Wildman–Crippen MR) is 78.7 cm³/mol. The number of anilines is 1. The molecule has 0 amide bonds. The van der Waals surface area contributed by atoms with E-state index in [9.17, 15) is 0 Å². The van der Waals surface area contributed by atoms with Gasteiger partial charge in [0.1, 0.15) is 11.4 Å². The summed E-state index contributed by atoms with van der Waals surface area (Å²) in [5.41, 5.74) is 0. The van der Waals surface area contributed by atoms with Gasteiger partial charge in [0, 0.05) is 19.2 Å². The van der Waals surface area contributed by atoms with Gasteiger partial charge in [-0.3, -0.25) is 0 Å². The lowest BCUT2D eigenvalue weighted by Gasteiger charge is -2.10. The summed E-state index contributed by atoms with van der Waals surface area (Å²) in [5.74, 6) is 0.592. The van der Waals surface area contributed by atoms with Gasteiger partial charge in [0.05, 0.1) is 6.61 Å². The van der Waals surface area contributed by atoms with Crippen molar-refractivity contribution < 1.29 is 4.74 Å². The van der Waals surface area contributed by atoms with Crippen LogP contribution in [0.2, 0.25) is 0 Å². The van der Waals surface area contributed by atoms with Crippen LogP contribution in [0.4, 0.5) is 5.13 Å². The SMILES string of the molecule is CCOc1cc(Sc2nnc(N3CCCC3)s2)ncn1. The second-order valence-corrected chi connectivity index (χ2v) is 6.50. The number of hydrogen-bond acceptors (Lipinski definition) is 8. The highest BCUT2D eigenvalue weighted by Crippen LogP contribution is 2.33. The molecule has 0 aliphatic carbocycles. The van der Waals surface area contributed by atoms with E-state index >= 15 is 0 Å². The van der Waals surface area contributed by atoms with Crippen molar-refractivity contribution in [1.29, 1.82) is 0 Å². The van der Waals surface area contributed by atoms with Crippen molar-refractivity contribution in [3.05, 3.63) is 12.4 Å². The largest absolute Gasteiger partial charge is 0.478 e. The topological polar surface area (TPSA) is 64.0 Å². The Morgan fingerprint density at radius 2 is 2.15 bits per heavy atom. The minimum atomic E-state index is 0.592. The van der Waals surface area contributed by atoms with Crippen molar-refractivity contribution >= 4 is 28.2 Å². The molecule has 20 heavy (non-hydrogen) atoms. The summed E-state index contributed by atoms with van der Waals surface area (Å²) in [5, 5.41) is 10.3. The fourth-order valence-corrected chi connectivity index (χ4v) is 3.77. The fraction of sp³-hybridized carbons (Fsp3) is 0.500. The van der Waals surface area contributed by atoms with Gasteiger partial charge in [0.15, 0.2) is 4.34 Å². The van der Waals surface area contributed by atoms with Crippen LogP contribution in [0.1, 0.15) is 19.8 Å². The Hall–Kier alpha value is -1.41. The molecule has 1 saturated heterocycles. The first-order valence-corrected chi connectivity index (χ1v) is 8.19. The van der Waals surface area contributed by atoms with E-state index < -0.39 is 0 Å². The molecular formula is C12H15N5OS2. The molecule has 1 aliphatic heterocycles. The quantitative estimate of drug-likeness (QED) is 0.786. The van der Waals surface area contributed by atoms with E-state index in [0.29, 0.717) is 12.5 Å². The molecule has 0 spiro atoms. The summed E-state index contributed by atoms with van der Waals surface area (Å²) in [6.07, 6.45) is 3.99. The van der Waals surface area contributed by atoms with E-state index in [1.54, 1.807) is 11.3 Å². The van der Waals surface area contributed by atoms with Crippen molar-refractivity contribution in [3.63, 3.8) is 0 Å². The van der Waals surface area contributed by atoms with Gasteiger partial charge in [0.2, 0.25) is 11.0 Å². The Kier molecular flexibility index (Phi) is 4.31. The summed E-state index contributed by atoms with van der Waals surface area (Å²) in [4.78, 5) is 10.6. The van der Waals surface area contributed by atoms with Gasteiger partial charge in [0.25, 0.3) is 0 Å². The van der Waals surface area contributed by atoms with Crippen LogP contribution in [0, 0.1) is 0 Å². The maximum Gasteiger partial charge on any atom is 0.217 e. The number of rotatable bonds is 5. The molecule has 0 unspecified atom stereocenters. The highest BCUT2D eigenvalue weighted by atomic mass is 32.2. The lowest BCUT2D eigenvalue weighted by molar-refractivity contribution is 0.325. The van der Waals surface area contributed by atoms with Gasteiger partial charge < -0.3 is 9.64 Å². The zero-order valence-electron chi connectivity index (χ0n) is 11.2. The molecule has 3 heterocycles. The van der Waals surface area contributed by atoms with Crippen LogP contribution in [0.15, 0.2) is 21.8 Å². The van der Waals surface area contributed by atoms with E-state index in [1.165, 1.54) is 30.9 Å². The van der Waals surface area contributed by atoms with E-state index in [4.69, 9.17) is 4.74 Å². The molecule has 2 aromatic rings. The lowest BCUT2D eigenvalue weighted by atomic mass is 10.4. The van der Waals surface area contributed by atoms with Crippen molar-refractivity contribution in [2.75, 3.05) is 24.6 Å². The molecule has 0 bridgehead atoms. The minimum Gasteiger partial charge on any atom is -0.478 e. The molecule has 0 saturated carbocycles. The minimum absolute atomic E-state index is 0.592. The Labute approximate surface area is 125 Å². The Bertz CT molecular complexity index is 570. The molecule has 1 aliphatic rings. The Morgan fingerprint density at radius 3 is 2.95 bits per heavy atom. The molecule has 2 aromatic heterocycles. The predicted octanol–water partition coefficient (Wildman–Crippen LogP) is 2.48. The number of nitrogens with zero attached hydrogens (tertiary/aromatic N) is 5. The molecule has 1 fully saturated rings. The molecule has 106 valence electrons. The first kappa shape index (κ1) is 13.6. The summed E-state index contributed by atoms with van der Waals surface area (Å²) >= 11 is 3.10. The highest BCUT2D eigenvalue weighted by Gasteiger charge is 2.17. The van der Waals surface area contributed by atoms with Gasteiger partial charge in [-0.25, -0.2) is 9.97 Å². The van der Waals surface area contributed by atoms with Crippen LogP contribution in [-0.2, 0) is 0 Å². The van der Waals surface area contributed by atoms with Crippen molar-refractivity contribution in [1.82, 2.24) is 20.2 Å². The average molecular weight is 309 g/mol. The number of aromatic nitrogens is 4. The zero-order chi connectivity index (χ0) is 13.8. The summed E-state index contributed by atoms with van der Waals surface area (Å²) < 4.78 is 6.26. The van der Waals surface area contributed by atoms with Crippen LogP contribution in [0.5, 0.6) is 5.88 Å². The molecule has 0 radical (unpaired) electrons. The van der Waals surface area contributed by atoms with Crippen LogP contribution < -0.4 is 9.64 Å². The van der Waals surface area contributed by atoms with E-state index in [-0.39, 0.29) is 0 Å². The van der Waals surface area contributed by atoms with Gasteiger partial charge in [-0.2, -0.15) is 0 Å². The number of hydrogen-bond donors (Lipinski definition) is 0. The summed E-state index contributed by atoms with van der Waals surface area (Å²) in [6.45, 7) is 4.70. The molecule has 0 aromatic carbocycles. The van der Waals surface area contributed by atoms with Crippen molar-refractivity contribution in [2.24, 2.45) is 0 Å². The van der Waals surface area contributed by atoms with Crippen molar-refractivity contribution in [3.8, 4) is 5.88 Å². The van der Waals surface area contributed by atoms with Crippen LogP contribution in [-0.4, -0.2) is 39.9 Å². The second-order valence-electron chi connectivity index (χ2n) is 4.27. The summed E-state index contributed by atoms with van der Waals surface area (Å²) in [7, 11) is 0. The van der Waals surface area contributed by atoms with Gasteiger partial charge in [-0.1, -0.05) is 11.3 Å². The monoisotopic (exact) mass is 309 g/mol. The van der Waals surface area contributed by atoms with Crippen LogP contribution in [0.3, 0.4) is 0 Å². The van der Waals surface area contributed by atoms with E-state index in [2.05, 4.69) is 25.1 Å². The second kappa shape index (κ2) is 6.36. The zero-order valence-corrected chi connectivity index (χ0v) is 12.8. The smallest absolute Gasteiger partial charge is 0.217 e. The Morgan fingerprint density at radius 1 is 1.30 bits per heavy atom. The summed E-state index contributed by atoms with van der Waals surface area (Å²) in [6, 6.07) is 1.82. The van der Waals surface area contributed by atoms with Crippen molar-refractivity contribution in [2.45, 2.75) is 29.1 Å². The first-order chi connectivity index (χ1) is 9.85. The molecule has 0 atom stereocenters. The normalized spacial score (nSPS) is 14.8. The van der Waals surface area contributed by atoms with Gasteiger partial charge >= 0.3 is 0 Å². The Balaban J connectivity index is 1.69. The molecule has 3 rings (SSSR count). The van der Waals surface area contributed by atoms with E-state index in [1.807, 2.05) is 13.0 Å². The van der Waals surface area contributed by atoms with Crippen LogP contribution >= 0.6 is 23.1 Å². The third-order valence-electron chi connectivity index (χ3n) is 2.87. The molecule has 0 N–H and O–H groups in total. The van der Waals surface area contributed by atoms with Crippen LogP contribution in [0.25, 0.3) is 0 Å². The lowest BCUT2D eigenvalue weighted by Crippen LogP contribution is -2.17. The van der Waals surface area contributed by atoms with E-state index in [0.717, 1.165) is 27.6 Å². The average Bonchev–Trinajstić information content (AvgIpc) is 3.10. The highest BCUT2D eigenvalue weighted by molar-refractivity contribution is 8.01. The molecule has 8 heteroatoms. The third-order valence-corrected chi connectivity index (χ3v) is 4.84. The maximum atomic E-state index is 5.37. The van der Waals surface area contributed by atoms with Gasteiger partial charge in [-0.05, 0) is 31.5 Å². The maximum absolute atomic E-state index is 5.37. The number of ether oxygens (including phenoxy) is 1.